The van der Waals surface area contributed by atoms with Gasteiger partial charge < -0.3 is 10.1 Å². The zero-order valence-electron chi connectivity index (χ0n) is 11.2. The molecule has 0 amide bonds. The highest BCUT2D eigenvalue weighted by atomic mass is 19.1. The number of hydrogen-bond donors (Lipinski definition) is 1. The Morgan fingerprint density at radius 1 is 1.00 bits per heavy atom. The molecule has 0 aliphatic heterocycles. The first kappa shape index (κ1) is 13.4. The van der Waals surface area contributed by atoms with Crippen molar-refractivity contribution in [2.45, 2.75) is 13.8 Å². The largest absolute Gasteiger partial charge is 0.492 e. The highest BCUT2D eigenvalue weighted by Gasteiger charge is 2.01. The molecule has 0 unspecified atom stereocenters. The van der Waals surface area contributed by atoms with Gasteiger partial charge in [0.1, 0.15) is 18.2 Å². The smallest absolute Gasteiger partial charge is 0.146 e. The first-order valence-corrected chi connectivity index (χ1v) is 6.34. The number of rotatable bonds is 5. The van der Waals surface area contributed by atoms with Gasteiger partial charge in [0.25, 0.3) is 0 Å². The highest BCUT2D eigenvalue weighted by Crippen LogP contribution is 2.15. The summed E-state index contributed by atoms with van der Waals surface area (Å²) in [5.41, 5.74) is 2.63. The fraction of sp³-hybridized carbons (Fsp3) is 0.250. The fourth-order valence-electron chi connectivity index (χ4n) is 1.75. The second-order valence-corrected chi connectivity index (χ2v) is 4.57. The number of halogens is 1. The van der Waals surface area contributed by atoms with E-state index in [1.165, 1.54) is 11.6 Å². The van der Waals surface area contributed by atoms with E-state index in [1.54, 1.807) is 6.07 Å². The van der Waals surface area contributed by atoms with Crippen LogP contribution >= 0.6 is 0 Å². The average molecular weight is 259 g/mol. The summed E-state index contributed by atoms with van der Waals surface area (Å²) >= 11 is 0. The SMILES string of the molecule is Cc1ccc(OCCNc2ccc(C)cc2F)cc1. The number of hydrogen-bond acceptors (Lipinski definition) is 2. The van der Waals surface area contributed by atoms with Crippen molar-refractivity contribution in [3.63, 3.8) is 0 Å². The van der Waals surface area contributed by atoms with Crippen molar-refractivity contribution in [3.8, 4) is 5.75 Å². The minimum absolute atomic E-state index is 0.227. The first-order valence-electron chi connectivity index (χ1n) is 6.34. The average Bonchev–Trinajstić information content (AvgIpc) is 2.39. The van der Waals surface area contributed by atoms with Crippen molar-refractivity contribution in [2.24, 2.45) is 0 Å². The van der Waals surface area contributed by atoms with Crippen molar-refractivity contribution in [1.82, 2.24) is 0 Å². The number of anilines is 1. The predicted molar refractivity (Wildman–Crippen MR) is 76.3 cm³/mol. The molecule has 2 aromatic rings. The Morgan fingerprint density at radius 3 is 2.37 bits per heavy atom. The molecule has 100 valence electrons. The lowest BCUT2D eigenvalue weighted by Gasteiger charge is -2.10. The standard InChI is InChI=1S/C16H18FNO/c1-12-3-6-14(7-4-12)19-10-9-18-16-8-5-13(2)11-15(16)17/h3-8,11,18H,9-10H2,1-2H3. The van der Waals surface area contributed by atoms with Crippen LogP contribution in [0.15, 0.2) is 42.5 Å². The van der Waals surface area contributed by atoms with Crippen LogP contribution in [0.25, 0.3) is 0 Å². The summed E-state index contributed by atoms with van der Waals surface area (Å²) in [6, 6.07) is 13.0. The number of benzene rings is 2. The van der Waals surface area contributed by atoms with Gasteiger partial charge in [0.05, 0.1) is 5.69 Å². The van der Waals surface area contributed by atoms with Crippen LogP contribution in [-0.4, -0.2) is 13.2 Å². The minimum Gasteiger partial charge on any atom is -0.492 e. The van der Waals surface area contributed by atoms with Gasteiger partial charge in [0, 0.05) is 6.54 Å². The maximum Gasteiger partial charge on any atom is 0.146 e. The summed E-state index contributed by atoms with van der Waals surface area (Å²) in [5.74, 6) is 0.604. The molecule has 0 aromatic heterocycles. The third kappa shape index (κ3) is 3.98. The third-order valence-corrected chi connectivity index (χ3v) is 2.83. The van der Waals surface area contributed by atoms with Crippen molar-refractivity contribution < 1.29 is 9.13 Å². The lowest BCUT2D eigenvalue weighted by atomic mass is 10.2. The Morgan fingerprint density at radius 2 is 1.68 bits per heavy atom. The maximum absolute atomic E-state index is 13.5. The molecule has 0 saturated heterocycles. The van der Waals surface area contributed by atoms with Crippen LogP contribution in [-0.2, 0) is 0 Å². The van der Waals surface area contributed by atoms with E-state index in [2.05, 4.69) is 5.32 Å². The number of aryl methyl sites for hydroxylation is 2. The van der Waals surface area contributed by atoms with E-state index < -0.39 is 0 Å². The molecule has 0 aliphatic rings. The van der Waals surface area contributed by atoms with Crippen LogP contribution < -0.4 is 10.1 Å². The van der Waals surface area contributed by atoms with E-state index in [-0.39, 0.29) is 5.82 Å². The van der Waals surface area contributed by atoms with E-state index >= 15 is 0 Å². The molecule has 0 atom stereocenters. The second-order valence-electron chi connectivity index (χ2n) is 4.57. The van der Waals surface area contributed by atoms with Crippen LogP contribution in [0.1, 0.15) is 11.1 Å². The van der Waals surface area contributed by atoms with Gasteiger partial charge in [0.2, 0.25) is 0 Å². The van der Waals surface area contributed by atoms with Crippen LogP contribution in [0.2, 0.25) is 0 Å². The van der Waals surface area contributed by atoms with E-state index in [1.807, 2.05) is 44.2 Å². The Bertz CT molecular complexity index is 537. The van der Waals surface area contributed by atoms with Gasteiger partial charge in [-0.05, 0) is 43.7 Å². The van der Waals surface area contributed by atoms with E-state index in [0.717, 1.165) is 11.3 Å². The molecule has 0 saturated carbocycles. The number of ether oxygens (including phenoxy) is 1. The summed E-state index contributed by atoms with van der Waals surface area (Å²) < 4.78 is 19.1. The Hall–Kier alpha value is -2.03. The van der Waals surface area contributed by atoms with Gasteiger partial charge in [-0.25, -0.2) is 4.39 Å². The molecule has 0 radical (unpaired) electrons. The quantitative estimate of drug-likeness (QED) is 0.821. The summed E-state index contributed by atoms with van der Waals surface area (Å²) in [7, 11) is 0. The first-order chi connectivity index (χ1) is 9.15. The molecule has 0 aliphatic carbocycles. The Balaban J connectivity index is 1.79. The molecule has 0 heterocycles. The van der Waals surface area contributed by atoms with Crippen LogP contribution in [0, 0.1) is 19.7 Å². The van der Waals surface area contributed by atoms with E-state index in [4.69, 9.17) is 4.74 Å². The monoisotopic (exact) mass is 259 g/mol. The molecular formula is C16H18FNO. The topological polar surface area (TPSA) is 21.3 Å². The summed E-state index contributed by atoms with van der Waals surface area (Å²) in [5, 5.41) is 3.02. The molecule has 2 aromatic carbocycles. The zero-order chi connectivity index (χ0) is 13.7. The summed E-state index contributed by atoms with van der Waals surface area (Å²) in [4.78, 5) is 0. The van der Waals surface area contributed by atoms with Gasteiger partial charge in [-0.15, -0.1) is 0 Å². The highest BCUT2D eigenvalue weighted by molar-refractivity contribution is 5.46. The van der Waals surface area contributed by atoms with Gasteiger partial charge in [0.15, 0.2) is 0 Å². The van der Waals surface area contributed by atoms with Crippen molar-refractivity contribution in [2.75, 3.05) is 18.5 Å². The molecule has 2 rings (SSSR count). The van der Waals surface area contributed by atoms with Crippen molar-refractivity contribution in [3.05, 3.63) is 59.4 Å². The Labute approximate surface area is 113 Å². The summed E-state index contributed by atoms with van der Waals surface area (Å²) in [6.07, 6.45) is 0. The number of nitrogens with one attached hydrogen (secondary N) is 1. The third-order valence-electron chi connectivity index (χ3n) is 2.83. The maximum atomic E-state index is 13.5. The molecular weight excluding hydrogens is 241 g/mol. The zero-order valence-corrected chi connectivity index (χ0v) is 11.2. The van der Waals surface area contributed by atoms with Crippen molar-refractivity contribution >= 4 is 5.69 Å². The molecule has 0 bridgehead atoms. The molecule has 19 heavy (non-hydrogen) atoms. The lowest BCUT2D eigenvalue weighted by Crippen LogP contribution is -2.12. The van der Waals surface area contributed by atoms with Crippen LogP contribution in [0.3, 0.4) is 0 Å². The van der Waals surface area contributed by atoms with E-state index in [9.17, 15) is 4.39 Å². The fourth-order valence-corrected chi connectivity index (χ4v) is 1.75. The normalized spacial score (nSPS) is 10.3. The molecule has 1 N–H and O–H groups in total. The minimum atomic E-state index is -0.227. The van der Waals surface area contributed by atoms with E-state index in [0.29, 0.717) is 18.8 Å². The molecule has 2 nitrogen and oxygen atoms in total. The van der Waals surface area contributed by atoms with Crippen LogP contribution in [0.4, 0.5) is 10.1 Å². The van der Waals surface area contributed by atoms with Gasteiger partial charge in [-0.2, -0.15) is 0 Å². The summed E-state index contributed by atoms with van der Waals surface area (Å²) in [6.45, 7) is 4.96. The Kier molecular flexibility index (Phi) is 4.39. The molecule has 3 heteroatoms. The molecule has 0 fully saturated rings. The van der Waals surface area contributed by atoms with Gasteiger partial charge in [-0.1, -0.05) is 23.8 Å². The lowest BCUT2D eigenvalue weighted by molar-refractivity contribution is 0.332. The van der Waals surface area contributed by atoms with Gasteiger partial charge >= 0.3 is 0 Å². The second kappa shape index (κ2) is 6.23. The van der Waals surface area contributed by atoms with Crippen LogP contribution in [0.5, 0.6) is 5.75 Å². The van der Waals surface area contributed by atoms with Gasteiger partial charge in [-0.3, -0.25) is 0 Å². The predicted octanol–water partition coefficient (Wildman–Crippen LogP) is 3.93. The van der Waals surface area contributed by atoms with Crippen molar-refractivity contribution in [1.29, 1.82) is 0 Å². The molecule has 0 spiro atoms.